The first kappa shape index (κ1) is 14.3. The van der Waals surface area contributed by atoms with Gasteiger partial charge >= 0.3 is 5.97 Å². The second kappa shape index (κ2) is 5.12. The lowest BCUT2D eigenvalue weighted by molar-refractivity contribution is -0.136. The number of aliphatic carboxylic acids is 1. The summed E-state index contributed by atoms with van der Waals surface area (Å²) < 4.78 is 28.8. The molecule has 2 aromatic rings. The van der Waals surface area contributed by atoms with Crippen LogP contribution in [0.1, 0.15) is 12.7 Å². The number of methoxy groups -OCH3 is 1. The number of nitrogens with one attached hydrogen (secondary N) is 1. The Labute approximate surface area is 115 Å². The number of aromatic amines is 1. The molecule has 0 amide bonds. The van der Waals surface area contributed by atoms with E-state index in [1.807, 2.05) is 0 Å². The first-order valence-corrected chi connectivity index (χ1v) is 7.52. The van der Waals surface area contributed by atoms with Gasteiger partial charge in [-0.25, -0.2) is 13.4 Å². The van der Waals surface area contributed by atoms with Crippen LogP contribution in [0.25, 0.3) is 11.0 Å². The highest BCUT2D eigenvalue weighted by Gasteiger charge is 2.28. The Morgan fingerprint density at radius 3 is 2.80 bits per heavy atom. The Kier molecular flexibility index (Phi) is 3.67. The third-order valence-electron chi connectivity index (χ3n) is 2.96. The van der Waals surface area contributed by atoms with Gasteiger partial charge in [0.2, 0.25) is 0 Å². The van der Waals surface area contributed by atoms with Crippen LogP contribution in [-0.4, -0.2) is 41.8 Å². The van der Waals surface area contributed by atoms with E-state index in [-0.39, 0.29) is 5.82 Å². The number of carboxylic acid groups (broad SMARTS) is 1. The average Bonchev–Trinajstić information content (AvgIpc) is 2.77. The number of imidazole rings is 1. The van der Waals surface area contributed by atoms with E-state index in [0.717, 1.165) is 6.92 Å². The molecule has 1 aromatic carbocycles. The van der Waals surface area contributed by atoms with Crippen molar-refractivity contribution in [3.63, 3.8) is 0 Å². The lowest BCUT2D eigenvalue weighted by Gasteiger charge is -2.06. The van der Waals surface area contributed by atoms with Gasteiger partial charge in [0.25, 0.3) is 0 Å². The normalized spacial score (nSPS) is 13.3. The first-order valence-electron chi connectivity index (χ1n) is 5.80. The van der Waals surface area contributed by atoms with Crippen molar-refractivity contribution in [3.8, 4) is 5.75 Å². The summed E-state index contributed by atoms with van der Waals surface area (Å²) in [6.07, 6.45) is 0. The van der Waals surface area contributed by atoms with Gasteiger partial charge in [-0.15, -0.1) is 0 Å². The molecule has 2 rings (SSSR count). The van der Waals surface area contributed by atoms with Gasteiger partial charge in [0.05, 0.1) is 18.1 Å². The number of hydrogen-bond acceptors (Lipinski definition) is 5. The van der Waals surface area contributed by atoms with Crippen LogP contribution in [0.5, 0.6) is 5.75 Å². The Morgan fingerprint density at radius 1 is 1.50 bits per heavy atom. The SMILES string of the molecule is COc1ccc2nc(CS(=O)(=O)C(C)C(=O)O)[nH]c2c1. The smallest absolute Gasteiger partial charge is 0.321 e. The summed E-state index contributed by atoms with van der Waals surface area (Å²) in [6, 6.07) is 5.10. The van der Waals surface area contributed by atoms with E-state index in [1.54, 1.807) is 18.2 Å². The van der Waals surface area contributed by atoms with E-state index in [9.17, 15) is 13.2 Å². The van der Waals surface area contributed by atoms with Crippen LogP contribution in [-0.2, 0) is 20.4 Å². The van der Waals surface area contributed by atoms with E-state index in [1.165, 1.54) is 7.11 Å². The zero-order valence-corrected chi connectivity index (χ0v) is 11.8. The topological polar surface area (TPSA) is 109 Å². The van der Waals surface area contributed by atoms with Gasteiger partial charge < -0.3 is 14.8 Å². The molecule has 0 aliphatic rings. The third-order valence-corrected chi connectivity index (χ3v) is 4.92. The highest BCUT2D eigenvalue weighted by atomic mass is 32.2. The molecular weight excluding hydrogens is 284 g/mol. The van der Waals surface area contributed by atoms with E-state index < -0.39 is 26.8 Å². The lowest BCUT2D eigenvalue weighted by atomic mass is 10.3. The molecule has 1 atom stereocenters. The number of H-pyrrole nitrogens is 1. The van der Waals surface area contributed by atoms with Crippen LogP contribution >= 0.6 is 0 Å². The summed E-state index contributed by atoms with van der Waals surface area (Å²) in [6.45, 7) is 1.14. The number of aromatic nitrogens is 2. The molecule has 1 heterocycles. The van der Waals surface area contributed by atoms with E-state index in [4.69, 9.17) is 9.84 Å². The molecule has 0 radical (unpaired) electrons. The van der Waals surface area contributed by atoms with Crippen LogP contribution in [0.4, 0.5) is 0 Å². The maximum absolute atomic E-state index is 11.9. The molecule has 2 N–H and O–H groups in total. The zero-order valence-electron chi connectivity index (χ0n) is 11.0. The van der Waals surface area contributed by atoms with Crippen LogP contribution in [0, 0.1) is 0 Å². The van der Waals surface area contributed by atoms with Crippen molar-refractivity contribution in [1.29, 1.82) is 0 Å². The number of benzene rings is 1. The van der Waals surface area contributed by atoms with E-state index in [2.05, 4.69) is 9.97 Å². The van der Waals surface area contributed by atoms with Crippen molar-refractivity contribution in [1.82, 2.24) is 9.97 Å². The molecule has 0 spiro atoms. The molecule has 1 unspecified atom stereocenters. The van der Waals surface area contributed by atoms with Crippen molar-refractivity contribution < 1.29 is 23.1 Å². The maximum atomic E-state index is 11.9. The lowest BCUT2D eigenvalue weighted by Crippen LogP contribution is -2.28. The van der Waals surface area contributed by atoms with Crippen molar-refractivity contribution >= 4 is 26.8 Å². The van der Waals surface area contributed by atoms with Crippen molar-refractivity contribution in [3.05, 3.63) is 24.0 Å². The van der Waals surface area contributed by atoms with Gasteiger partial charge in [-0.05, 0) is 19.1 Å². The monoisotopic (exact) mass is 298 g/mol. The second-order valence-corrected chi connectivity index (χ2v) is 6.68. The number of nitrogens with zero attached hydrogens (tertiary/aromatic N) is 1. The number of carboxylic acids is 1. The fraction of sp³-hybridized carbons (Fsp3) is 0.333. The van der Waals surface area contributed by atoms with Crippen molar-refractivity contribution in [2.24, 2.45) is 0 Å². The highest BCUT2D eigenvalue weighted by Crippen LogP contribution is 2.20. The summed E-state index contributed by atoms with van der Waals surface area (Å²) in [5.41, 5.74) is 1.23. The van der Waals surface area contributed by atoms with Gasteiger partial charge in [0.1, 0.15) is 17.3 Å². The van der Waals surface area contributed by atoms with Crippen LogP contribution in [0.3, 0.4) is 0 Å². The van der Waals surface area contributed by atoms with E-state index in [0.29, 0.717) is 16.8 Å². The average molecular weight is 298 g/mol. The van der Waals surface area contributed by atoms with Gasteiger partial charge in [-0.1, -0.05) is 0 Å². The molecule has 20 heavy (non-hydrogen) atoms. The minimum absolute atomic E-state index is 0.210. The molecule has 0 aliphatic carbocycles. The minimum Gasteiger partial charge on any atom is -0.497 e. The minimum atomic E-state index is -3.80. The number of fused-ring (bicyclic) bond motifs is 1. The standard InChI is InChI=1S/C12H14N2O5S/c1-7(12(15)16)20(17,18)6-11-13-9-4-3-8(19-2)5-10(9)14-11/h3-5,7H,6H2,1-2H3,(H,13,14)(H,15,16). The third kappa shape index (κ3) is 2.74. The predicted octanol–water partition coefficient (Wildman–Crippen LogP) is 0.959. The van der Waals surface area contributed by atoms with Crippen LogP contribution in [0.2, 0.25) is 0 Å². The van der Waals surface area contributed by atoms with Gasteiger partial charge in [-0.3, -0.25) is 4.79 Å². The fourth-order valence-corrected chi connectivity index (χ4v) is 2.78. The van der Waals surface area contributed by atoms with Crippen molar-refractivity contribution in [2.75, 3.05) is 7.11 Å². The summed E-state index contributed by atoms with van der Waals surface area (Å²) >= 11 is 0. The molecule has 0 aliphatic heterocycles. The number of rotatable bonds is 5. The maximum Gasteiger partial charge on any atom is 0.321 e. The Morgan fingerprint density at radius 2 is 2.20 bits per heavy atom. The summed E-state index contributed by atoms with van der Waals surface area (Å²) in [4.78, 5) is 17.8. The number of sulfone groups is 1. The van der Waals surface area contributed by atoms with Gasteiger partial charge in [0, 0.05) is 6.07 Å². The van der Waals surface area contributed by atoms with Gasteiger partial charge in [0.15, 0.2) is 15.1 Å². The number of carbonyl (C=O) groups is 1. The predicted molar refractivity (Wildman–Crippen MR) is 72.4 cm³/mol. The largest absolute Gasteiger partial charge is 0.497 e. The molecule has 0 fully saturated rings. The van der Waals surface area contributed by atoms with Crippen LogP contribution < -0.4 is 4.74 Å². The molecule has 7 nitrogen and oxygen atoms in total. The molecular formula is C12H14N2O5S. The Hall–Kier alpha value is -2.09. The highest BCUT2D eigenvalue weighted by molar-refractivity contribution is 7.91. The zero-order chi connectivity index (χ0) is 14.9. The molecule has 0 saturated heterocycles. The number of hydrogen-bond donors (Lipinski definition) is 2. The summed E-state index contributed by atoms with van der Waals surface area (Å²) in [5.74, 6) is -0.990. The summed E-state index contributed by atoms with van der Waals surface area (Å²) in [7, 11) is -2.28. The Bertz CT molecular complexity index is 750. The quantitative estimate of drug-likeness (QED) is 0.851. The molecule has 0 saturated carbocycles. The molecule has 108 valence electrons. The molecule has 1 aromatic heterocycles. The molecule has 8 heteroatoms. The number of ether oxygens (including phenoxy) is 1. The Balaban J connectivity index is 2.33. The first-order chi connectivity index (χ1) is 9.33. The molecule has 0 bridgehead atoms. The second-order valence-electron chi connectivity index (χ2n) is 4.35. The summed E-state index contributed by atoms with van der Waals surface area (Å²) in [5, 5.41) is 7.31. The van der Waals surface area contributed by atoms with E-state index >= 15 is 0 Å². The van der Waals surface area contributed by atoms with Crippen molar-refractivity contribution in [2.45, 2.75) is 17.9 Å². The fourth-order valence-electron chi connectivity index (χ4n) is 1.71. The van der Waals surface area contributed by atoms with Crippen LogP contribution in [0.15, 0.2) is 18.2 Å². The van der Waals surface area contributed by atoms with Gasteiger partial charge in [-0.2, -0.15) is 0 Å².